The minimum atomic E-state index is 0.838. The Morgan fingerprint density at radius 1 is 0.242 bits per heavy atom. The van der Waals surface area contributed by atoms with Crippen LogP contribution in [0.5, 0.6) is 0 Å². The zero-order valence-corrected chi connectivity index (χ0v) is 33.5. The second-order valence-electron chi connectivity index (χ2n) is 15.5. The average Bonchev–Trinajstić information content (AvgIpc) is 3.96. The van der Waals surface area contributed by atoms with Gasteiger partial charge in [0.25, 0.3) is 0 Å². The van der Waals surface area contributed by atoms with Crippen molar-refractivity contribution in [3.8, 4) is 78.9 Å². The normalized spacial score (nSPS) is 11.5. The van der Waals surface area contributed by atoms with Gasteiger partial charge in [-0.2, -0.15) is 0 Å². The van der Waals surface area contributed by atoms with E-state index in [1.54, 1.807) is 0 Å². The fourth-order valence-corrected chi connectivity index (χ4v) is 8.79. The molecule has 4 heterocycles. The van der Waals surface area contributed by atoms with Gasteiger partial charge < -0.3 is 0 Å². The van der Waals surface area contributed by atoms with Crippen LogP contribution in [0.2, 0.25) is 0 Å². The Hall–Kier alpha value is -8.48. The van der Waals surface area contributed by atoms with Gasteiger partial charge in [-0.05, 0) is 35.4 Å². The standard InChI is InChI=1S/C56H36N6/c1-5-17-39(18-6-1)49-51(41-21-9-3-10-22-41)61-53(57-47-27-15-13-25-45(47)55(61)59-49)43-33-29-37(30-34-43)38-31-35-44(36-32-38)54-58-48-28-16-14-26-46(48)56-60-50(40-19-7-2-8-20-40)52(62(54)56)42-23-11-4-12-24-42/h1-36H. The van der Waals surface area contributed by atoms with Crippen molar-refractivity contribution < 1.29 is 0 Å². The number of hydrogen-bond donors (Lipinski definition) is 0. The highest BCUT2D eigenvalue weighted by molar-refractivity contribution is 5.99. The third kappa shape index (κ3) is 5.88. The van der Waals surface area contributed by atoms with Gasteiger partial charge in [0, 0.05) is 44.2 Å². The van der Waals surface area contributed by atoms with E-state index in [0.29, 0.717) is 0 Å². The Labute approximate surface area is 357 Å². The van der Waals surface area contributed by atoms with E-state index in [1.165, 1.54) is 0 Å². The largest absolute Gasteiger partial charge is 0.275 e. The Bertz CT molecular complexity index is 3340. The predicted molar refractivity (Wildman–Crippen MR) is 253 cm³/mol. The van der Waals surface area contributed by atoms with Crippen molar-refractivity contribution in [3.63, 3.8) is 0 Å². The Kier molecular flexibility index (Phi) is 8.38. The molecule has 0 radical (unpaired) electrons. The van der Waals surface area contributed by atoms with Crippen LogP contribution in [0.4, 0.5) is 0 Å². The van der Waals surface area contributed by atoms with Gasteiger partial charge in [-0.15, -0.1) is 0 Å². The summed E-state index contributed by atoms with van der Waals surface area (Å²) in [7, 11) is 0. The molecule has 62 heavy (non-hydrogen) atoms. The molecule has 6 nitrogen and oxygen atoms in total. The molecule has 0 fully saturated rings. The number of aromatic nitrogens is 6. The maximum absolute atomic E-state index is 5.36. The molecule has 8 aromatic carbocycles. The summed E-state index contributed by atoms with van der Waals surface area (Å²) in [5, 5.41) is 2.02. The minimum absolute atomic E-state index is 0.838. The molecule has 0 spiro atoms. The number of benzene rings is 8. The SMILES string of the molecule is c1ccc(-c2nc3c4ccccc4nc(-c4ccc(-c5ccc(-c6nc7ccccc7c7nc(-c8ccccc8)c(-c8ccccc8)n67)cc5)cc4)n3c2-c2ccccc2)cc1. The molecule has 0 atom stereocenters. The number of imidazole rings is 2. The summed E-state index contributed by atoms with van der Waals surface area (Å²) in [5.41, 5.74) is 15.9. The molecule has 0 bridgehead atoms. The highest BCUT2D eigenvalue weighted by Crippen LogP contribution is 2.40. The number of rotatable bonds is 7. The van der Waals surface area contributed by atoms with Crippen molar-refractivity contribution in [2.75, 3.05) is 0 Å². The summed E-state index contributed by atoms with van der Waals surface area (Å²) in [4.78, 5) is 21.4. The average molecular weight is 793 g/mol. The van der Waals surface area contributed by atoms with Crippen LogP contribution in [0.15, 0.2) is 218 Å². The minimum Gasteiger partial charge on any atom is -0.275 e. The molecule has 0 saturated carbocycles. The monoisotopic (exact) mass is 792 g/mol. The van der Waals surface area contributed by atoms with Crippen molar-refractivity contribution in [2.45, 2.75) is 0 Å². The van der Waals surface area contributed by atoms with E-state index < -0.39 is 0 Å². The van der Waals surface area contributed by atoms with E-state index in [1.807, 2.05) is 24.3 Å². The molecular weight excluding hydrogens is 757 g/mol. The molecular formula is C56H36N6. The van der Waals surface area contributed by atoms with Gasteiger partial charge in [-0.25, -0.2) is 19.9 Å². The topological polar surface area (TPSA) is 60.4 Å². The number of para-hydroxylation sites is 2. The lowest BCUT2D eigenvalue weighted by Crippen LogP contribution is -2.00. The third-order valence-electron chi connectivity index (χ3n) is 11.7. The summed E-state index contributed by atoms with van der Waals surface area (Å²) in [6.45, 7) is 0. The fraction of sp³-hybridized carbons (Fsp3) is 0. The molecule has 0 N–H and O–H groups in total. The van der Waals surface area contributed by atoms with E-state index in [9.17, 15) is 0 Å². The van der Waals surface area contributed by atoms with Gasteiger partial charge in [-0.3, -0.25) is 8.80 Å². The number of hydrogen-bond acceptors (Lipinski definition) is 4. The first-order valence-corrected chi connectivity index (χ1v) is 20.8. The number of fused-ring (bicyclic) bond motifs is 6. The molecule has 0 aliphatic carbocycles. The van der Waals surface area contributed by atoms with Crippen LogP contribution in [-0.4, -0.2) is 28.7 Å². The molecule has 0 aliphatic rings. The summed E-state index contributed by atoms with van der Waals surface area (Å²) in [5.74, 6) is 1.68. The third-order valence-corrected chi connectivity index (χ3v) is 11.7. The lowest BCUT2D eigenvalue weighted by molar-refractivity contribution is 1.13. The van der Waals surface area contributed by atoms with E-state index in [-0.39, 0.29) is 0 Å². The van der Waals surface area contributed by atoms with Gasteiger partial charge >= 0.3 is 0 Å². The van der Waals surface area contributed by atoms with Gasteiger partial charge in [-0.1, -0.05) is 194 Å². The van der Waals surface area contributed by atoms with Crippen LogP contribution in [0.3, 0.4) is 0 Å². The molecule has 0 amide bonds. The first-order valence-electron chi connectivity index (χ1n) is 20.8. The summed E-state index contributed by atoms with van der Waals surface area (Å²) < 4.78 is 4.48. The second kappa shape index (κ2) is 14.7. The van der Waals surface area contributed by atoms with Crippen molar-refractivity contribution in [1.82, 2.24) is 28.7 Å². The zero-order chi connectivity index (χ0) is 41.0. The van der Waals surface area contributed by atoms with Crippen LogP contribution in [-0.2, 0) is 0 Å². The van der Waals surface area contributed by atoms with Crippen LogP contribution in [0.25, 0.3) is 112 Å². The van der Waals surface area contributed by atoms with E-state index in [2.05, 4.69) is 203 Å². The first-order chi connectivity index (χ1) is 30.8. The van der Waals surface area contributed by atoms with E-state index in [0.717, 1.165) is 112 Å². The summed E-state index contributed by atoms with van der Waals surface area (Å²) in [6, 6.07) is 75.9. The lowest BCUT2D eigenvalue weighted by atomic mass is 10.0. The van der Waals surface area contributed by atoms with Gasteiger partial charge in [0.05, 0.1) is 33.8 Å². The van der Waals surface area contributed by atoms with Gasteiger partial charge in [0.15, 0.2) is 0 Å². The molecule has 6 heteroatoms. The van der Waals surface area contributed by atoms with Crippen molar-refractivity contribution in [1.29, 1.82) is 0 Å². The maximum atomic E-state index is 5.36. The zero-order valence-electron chi connectivity index (χ0n) is 33.5. The van der Waals surface area contributed by atoms with Crippen LogP contribution < -0.4 is 0 Å². The van der Waals surface area contributed by atoms with E-state index >= 15 is 0 Å². The Morgan fingerprint density at radius 2 is 0.548 bits per heavy atom. The van der Waals surface area contributed by atoms with Gasteiger partial charge in [0.1, 0.15) is 22.9 Å². The molecule has 0 unspecified atom stereocenters. The van der Waals surface area contributed by atoms with Crippen LogP contribution in [0.1, 0.15) is 0 Å². The Balaban J connectivity index is 0.987. The van der Waals surface area contributed by atoms with Crippen LogP contribution >= 0.6 is 0 Å². The number of nitrogens with zero attached hydrogens (tertiary/aromatic N) is 6. The van der Waals surface area contributed by atoms with Gasteiger partial charge in [0.2, 0.25) is 0 Å². The highest BCUT2D eigenvalue weighted by atomic mass is 15.1. The van der Waals surface area contributed by atoms with Crippen molar-refractivity contribution in [2.24, 2.45) is 0 Å². The summed E-state index contributed by atoms with van der Waals surface area (Å²) in [6.07, 6.45) is 0. The molecule has 0 saturated heterocycles. The molecule has 290 valence electrons. The highest BCUT2D eigenvalue weighted by Gasteiger charge is 2.24. The molecule has 4 aromatic heterocycles. The fourth-order valence-electron chi connectivity index (χ4n) is 8.79. The molecule has 12 aromatic rings. The first kappa shape index (κ1) is 35.5. The second-order valence-corrected chi connectivity index (χ2v) is 15.5. The van der Waals surface area contributed by atoms with Crippen molar-refractivity contribution in [3.05, 3.63) is 218 Å². The summed E-state index contributed by atoms with van der Waals surface area (Å²) >= 11 is 0. The van der Waals surface area contributed by atoms with Crippen LogP contribution in [0, 0.1) is 0 Å². The molecule has 0 aliphatic heterocycles. The smallest absolute Gasteiger partial charge is 0.149 e. The predicted octanol–water partition coefficient (Wildman–Crippen LogP) is 13.7. The quantitative estimate of drug-likeness (QED) is 0.161. The Morgan fingerprint density at radius 3 is 0.919 bits per heavy atom. The maximum Gasteiger partial charge on any atom is 0.149 e. The lowest BCUT2D eigenvalue weighted by Gasteiger charge is -2.13. The van der Waals surface area contributed by atoms with Crippen molar-refractivity contribution >= 4 is 33.1 Å². The van der Waals surface area contributed by atoms with E-state index in [4.69, 9.17) is 19.9 Å². The molecule has 12 rings (SSSR count).